The van der Waals surface area contributed by atoms with Gasteiger partial charge in [0.05, 0.1) is 12.0 Å². The molecule has 0 spiro atoms. The van der Waals surface area contributed by atoms with Crippen LogP contribution in [0.25, 0.3) is 21.9 Å². The molecular formula is C13H14N4O2. The number of phenols is 1. The molecule has 2 heterocycles. The summed E-state index contributed by atoms with van der Waals surface area (Å²) in [5.74, 6) is 0.835. The topological polar surface area (TPSA) is 94.1 Å². The van der Waals surface area contributed by atoms with Crippen LogP contribution in [0.1, 0.15) is 6.92 Å². The van der Waals surface area contributed by atoms with E-state index in [0.29, 0.717) is 11.5 Å². The molecular weight excluding hydrogens is 244 g/mol. The number of aromatic hydroxyl groups is 1. The Morgan fingerprint density at radius 2 is 2.21 bits per heavy atom. The highest BCUT2D eigenvalue weighted by Gasteiger charge is 2.12. The van der Waals surface area contributed by atoms with Crippen molar-refractivity contribution in [1.82, 2.24) is 15.0 Å². The molecule has 6 nitrogen and oxygen atoms in total. The number of aliphatic hydroxyl groups excluding tert-OH is 1. The SMILES string of the molecule is C[C@H](CO)Nc1ncnc2[nH]c3ccc(O)cc3c12. The molecule has 0 aliphatic heterocycles. The first-order valence-corrected chi connectivity index (χ1v) is 6.02. The number of phenolic OH excluding ortho intramolecular Hbond substituents is 1. The molecule has 0 amide bonds. The average Bonchev–Trinajstić information content (AvgIpc) is 2.77. The number of aromatic amines is 1. The number of fused-ring (bicyclic) bond motifs is 3. The van der Waals surface area contributed by atoms with Gasteiger partial charge < -0.3 is 20.5 Å². The fourth-order valence-corrected chi connectivity index (χ4v) is 2.10. The third kappa shape index (κ3) is 1.96. The summed E-state index contributed by atoms with van der Waals surface area (Å²) in [6.07, 6.45) is 1.46. The van der Waals surface area contributed by atoms with E-state index in [-0.39, 0.29) is 18.4 Å². The number of benzene rings is 1. The van der Waals surface area contributed by atoms with E-state index in [0.717, 1.165) is 16.3 Å². The zero-order valence-corrected chi connectivity index (χ0v) is 10.4. The number of hydrogen-bond donors (Lipinski definition) is 4. The fraction of sp³-hybridized carbons (Fsp3) is 0.231. The third-order valence-corrected chi connectivity index (χ3v) is 3.03. The average molecular weight is 258 g/mol. The Hall–Kier alpha value is -2.34. The van der Waals surface area contributed by atoms with Gasteiger partial charge in [-0.2, -0.15) is 0 Å². The minimum Gasteiger partial charge on any atom is -0.508 e. The maximum atomic E-state index is 9.61. The molecule has 0 unspecified atom stereocenters. The van der Waals surface area contributed by atoms with E-state index in [1.54, 1.807) is 18.2 Å². The van der Waals surface area contributed by atoms with Gasteiger partial charge in [-0.1, -0.05) is 0 Å². The number of hydrogen-bond acceptors (Lipinski definition) is 5. The maximum absolute atomic E-state index is 9.61. The number of aromatic nitrogens is 3. The van der Waals surface area contributed by atoms with E-state index in [2.05, 4.69) is 20.3 Å². The summed E-state index contributed by atoms with van der Waals surface area (Å²) in [6.45, 7) is 1.87. The van der Waals surface area contributed by atoms with Crippen molar-refractivity contribution in [1.29, 1.82) is 0 Å². The number of aliphatic hydroxyl groups is 1. The quantitative estimate of drug-likeness (QED) is 0.572. The van der Waals surface area contributed by atoms with Gasteiger partial charge in [0.25, 0.3) is 0 Å². The molecule has 3 aromatic rings. The normalized spacial score (nSPS) is 12.9. The monoisotopic (exact) mass is 258 g/mol. The zero-order chi connectivity index (χ0) is 13.4. The standard InChI is InChI=1S/C13H14N4O2/c1-7(5-18)16-12-11-9-4-8(19)2-3-10(9)17-13(11)15-6-14-12/h2-4,6-7,18-19H,5H2,1H3,(H2,14,15,16,17)/t7-/m1/s1. The molecule has 6 heteroatoms. The molecule has 1 aromatic carbocycles. The van der Waals surface area contributed by atoms with Crippen LogP contribution in [0.4, 0.5) is 5.82 Å². The Bertz CT molecular complexity index is 738. The lowest BCUT2D eigenvalue weighted by molar-refractivity contribution is 0.281. The number of rotatable bonds is 3. The number of anilines is 1. The van der Waals surface area contributed by atoms with Crippen molar-refractivity contribution in [3.63, 3.8) is 0 Å². The minimum absolute atomic E-state index is 0.0130. The van der Waals surface area contributed by atoms with E-state index in [4.69, 9.17) is 5.11 Å². The second kappa shape index (κ2) is 4.40. The van der Waals surface area contributed by atoms with Gasteiger partial charge in [-0.25, -0.2) is 9.97 Å². The Kier molecular flexibility index (Phi) is 2.72. The molecule has 19 heavy (non-hydrogen) atoms. The molecule has 0 aliphatic rings. The summed E-state index contributed by atoms with van der Waals surface area (Å²) in [6, 6.07) is 4.98. The lowest BCUT2D eigenvalue weighted by Gasteiger charge is -2.11. The summed E-state index contributed by atoms with van der Waals surface area (Å²) >= 11 is 0. The molecule has 0 saturated heterocycles. The summed E-state index contributed by atoms with van der Waals surface area (Å²) in [7, 11) is 0. The van der Waals surface area contributed by atoms with Gasteiger partial charge in [-0.15, -0.1) is 0 Å². The van der Waals surface area contributed by atoms with Crippen LogP contribution in [-0.4, -0.2) is 37.8 Å². The number of nitrogens with one attached hydrogen (secondary N) is 2. The van der Waals surface area contributed by atoms with Crippen LogP contribution >= 0.6 is 0 Å². The van der Waals surface area contributed by atoms with Gasteiger partial charge in [0.2, 0.25) is 0 Å². The van der Waals surface area contributed by atoms with E-state index in [9.17, 15) is 5.11 Å². The van der Waals surface area contributed by atoms with Crippen LogP contribution in [0.5, 0.6) is 5.75 Å². The van der Waals surface area contributed by atoms with Crippen molar-refractivity contribution in [3.05, 3.63) is 24.5 Å². The van der Waals surface area contributed by atoms with Crippen LogP contribution in [-0.2, 0) is 0 Å². The van der Waals surface area contributed by atoms with Crippen molar-refractivity contribution in [2.45, 2.75) is 13.0 Å². The van der Waals surface area contributed by atoms with Gasteiger partial charge in [0, 0.05) is 16.9 Å². The van der Waals surface area contributed by atoms with Gasteiger partial charge in [-0.05, 0) is 25.1 Å². The maximum Gasteiger partial charge on any atom is 0.143 e. The molecule has 98 valence electrons. The second-order valence-electron chi connectivity index (χ2n) is 4.53. The van der Waals surface area contributed by atoms with Crippen LogP contribution in [0.15, 0.2) is 24.5 Å². The molecule has 4 N–H and O–H groups in total. The third-order valence-electron chi connectivity index (χ3n) is 3.03. The van der Waals surface area contributed by atoms with E-state index in [1.807, 2.05) is 6.92 Å². The largest absolute Gasteiger partial charge is 0.508 e. The molecule has 0 saturated carbocycles. The minimum atomic E-state index is -0.111. The van der Waals surface area contributed by atoms with Crippen LogP contribution in [0.2, 0.25) is 0 Å². The lowest BCUT2D eigenvalue weighted by atomic mass is 10.2. The predicted octanol–water partition coefficient (Wildman–Crippen LogP) is 1.61. The number of H-pyrrole nitrogens is 1. The molecule has 2 aromatic heterocycles. The highest BCUT2D eigenvalue weighted by Crippen LogP contribution is 2.31. The molecule has 3 rings (SSSR count). The van der Waals surface area contributed by atoms with Crippen molar-refractivity contribution in [2.75, 3.05) is 11.9 Å². The van der Waals surface area contributed by atoms with Crippen LogP contribution < -0.4 is 5.32 Å². The molecule has 0 radical (unpaired) electrons. The van der Waals surface area contributed by atoms with Crippen molar-refractivity contribution in [3.8, 4) is 5.75 Å². The summed E-state index contributed by atoms with van der Waals surface area (Å²) in [5, 5.41) is 23.5. The van der Waals surface area contributed by atoms with Crippen LogP contribution in [0.3, 0.4) is 0 Å². The van der Waals surface area contributed by atoms with Crippen molar-refractivity contribution in [2.24, 2.45) is 0 Å². The smallest absolute Gasteiger partial charge is 0.143 e. The Labute approximate surface area is 109 Å². The van der Waals surface area contributed by atoms with Crippen molar-refractivity contribution >= 4 is 27.8 Å². The van der Waals surface area contributed by atoms with Crippen LogP contribution in [0, 0.1) is 0 Å². The lowest BCUT2D eigenvalue weighted by Crippen LogP contribution is -2.20. The predicted molar refractivity (Wildman–Crippen MR) is 73.2 cm³/mol. The Morgan fingerprint density at radius 1 is 1.37 bits per heavy atom. The zero-order valence-electron chi connectivity index (χ0n) is 10.4. The first-order chi connectivity index (χ1) is 9.19. The summed E-state index contributed by atoms with van der Waals surface area (Å²) in [4.78, 5) is 11.6. The first kappa shape index (κ1) is 11.7. The van der Waals surface area contributed by atoms with Gasteiger partial charge >= 0.3 is 0 Å². The fourth-order valence-electron chi connectivity index (χ4n) is 2.10. The van der Waals surface area contributed by atoms with Gasteiger partial charge in [0.15, 0.2) is 0 Å². The summed E-state index contributed by atoms with van der Waals surface area (Å²) < 4.78 is 0. The summed E-state index contributed by atoms with van der Waals surface area (Å²) in [5.41, 5.74) is 1.58. The highest BCUT2D eigenvalue weighted by atomic mass is 16.3. The Morgan fingerprint density at radius 3 is 3.00 bits per heavy atom. The van der Waals surface area contributed by atoms with E-state index >= 15 is 0 Å². The molecule has 0 aliphatic carbocycles. The second-order valence-corrected chi connectivity index (χ2v) is 4.53. The van der Waals surface area contributed by atoms with E-state index < -0.39 is 0 Å². The highest BCUT2D eigenvalue weighted by molar-refractivity contribution is 6.11. The molecule has 0 fully saturated rings. The van der Waals surface area contributed by atoms with E-state index in [1.165, 1.54) is 6.33 Å². The number of nitrogens with zero attached hydrogens (tertiary/aromatic N) is 2. The van der Waals surface area contributed by atoms with Crippen molar-refractivity contribution < 1.29 is 10.2 Å². The molecule has 1 atom stereocenters. The van der Waals surface area contributed by atoms with Gasteiger partial charge in [0.1, 0.15) is 23.5 Å². The van der Waals surface area contributed by atoms with Gasteiger partial charge in [-0.3, -0.25) is 0 Å². The first-order valence-electron chi connectivity index (χ1n) is 6.02. The Balaban J connectivity index is 2.27. The molecule has 0 bridgehead atoms.